The molecule has 1 atom stereocenters. The highest BCUT2D eigenvalue weighted by molar-refractivity contribution is 6.00. The first kappa shape index (κ1) is 17.0. The number of carbonyl (C=O) groups excluding carboxylic acids is 2. The lowest BCUT2D eigenvalue weighted by molar-refractivity contribution is -0.126. The number of hydrogen-bond acceptors (Lipinski definition) is 3. The predicted molar refractivity (Wildman–Crippen MR) is 96.6 cm³/mol. The standard InChI is InChI=1S/C20H22N2O3/c1-15-6-5-7-17(12-15)22-14-16(13-19(22)23)20(24)21-10-11-25-18-8-3-2-4-9-18/h2-9,12,16H,10-11,13-14H2,1H3,(H,21,24)/t16-/m0/s1. The average Bonchev–Trinajstić information content (AvgIpc) is 3.01. The van der Waals surface area contributed by atoms with E-state index in [0.717, 1.165) is 17.0 Å². The zero-order valence-electron chi connectivity index (χ0n) is 14.3. The Kier molecular flexibility index (Phi) is 5.33. The van der Waals surface area contributed by atoms with Crippen LogP contribution >= 0.6 is 0 Å². The van der Waals surface area contributed by atoms with E-state index in [-0.39, 0.29) is 24.2 Å². The predicted octanol–water partition coefficient (Wildman–Crippen LogP) is 2.54. The van der Waals surface area contributed by atoms with Crippen molar-refractivity contribution in [3.05, 3.63) is 60.2 Å². The monoisotopic (exact) mass is 338 g/mol. The van der Waals surface area contributed by atoms with E-state index in [0.29, 0.717) is 19.7 Å². The van der Waals surface area contributed by atoms with E-state index in [4.69, 9.17) is 4.74 Å². The molecule has 0 aliphatic carbocycles. The largest absolute Gasteiger partial charge is 0.492 e. The number of carbonyl (C=O) groups is 2. The molecule has 130 valence electrons. The van der Waals surface area contributed by atoms with Crippen molar-refractivity contribution < 1.29 is 14.3 Å². The van der Waals surface area contributed by atoms with Crippen LogP contribution in [0.25, 0.3) is 0 Å². The summed E-state index contributed by atoms with van der Waals surface area (Å²) in [5.74, 6) is 0.356. The van der Waals surface area contributed by atoms with Crippen molar-refractivity contribution in [2.45, 2.75) is 13.3 Å². The van der Waals surface area contributed by atoms with Crippen LogP contribution in [0.4, 0.5) is 5.69 Å². The molecule has 1 saturated heterocycles. The maximum atomic E-state index is 12.3. The topological polar surface area (TPSA) is 58.6 Å². The first-order chi connectivity index (χ1) is 12.1. The van der Waals surface area contributed by atoms with Crippen LogP contribution < -0.4 is 15.0 Å². The van der Waals surface area contributed by atoms with E-state index < -0.39 is 0 Å². The van der Waals surface area contributed by atoms with Crippen LogP contribution in [-0.4, -0.2) is 31.5 Å². The highest BCUT2D eigenvalue weighted by Gasteiger charge is 2.34. The van der Waals surface area contributed by atoms with E-state index in [2.05, 4.69) is 5.32 Å². The van der Waals surface area contributed by atoms with Gasteiger partial charge in [-0.15, -0.1) is 0 Å². The molecule has 1 fully saturated rings. The summed E-state index contributed by atoms with van der Waals surface area (Å²) in [6.07, 6.45) is 0.249. The van der Waals surface area contributed by atoms with Crippen LogP contribution in [0.1, 0.15) is 12.0 Å². The Morgan fingerprint density at radius 1 is 1.20 bits per heavy atom. The molecule has 2 aromatic carbocycles. The lowest BCUT2D eigenvalue weighted by atomic mass is 10.1. The first-order valence-corrected chi connectivity index (χ1v) is 8.46. The van der Waals surface area contributed by atoms with Crippen LogP contribution in [0.5, 0.6) is 5.75 Å². The van der Waals surface area contributed by atoms with Crippen molar-refractivity contribution in [1.82, 2.24) is 5.32 Å². The zero-order valence-corrected chi connectivity index (χ0v) is 14.3. The minimum atomic E-state index is -0.315. The molecule has 0 spiro atoms. The maximum absolute atomic E-state index is 12.3. The van der Waals surface area contributed by atoms with Gasteiger partial charge < -0.3 is 15.0 Å². The molecule has 25 heavy (non-hydrogen) atoms. The van der Waals surface area contributed by atoms with Crippen molar-refractivity contribution >= 4 is 17.5 Å². The van der Waals surface area contributed by atoms with Gasteiger partial charge in [0.2, 0.25) is 11.8 Å². The second-order valence-electron chi connectivity index (χ2n) is 6.20. The minimum Gasteiger partial charge on any atom is -0.492 e. The molecule has 0 radical (unpaired) electrons. The van der Waals surface area contributed by atoms with Crippen molar-refractivity contribution in [1.29, 1.82) is 0 Å². The highest BCUT2D eigenvalue weighted by Crippen LogP contribution is 2.25. The molecule has 2 amide bonds. The van der Waals surface area contributed by atoms with Gasteiger partial charge in [-0.2, -0.15) is 0 Å². The third-order valence-corrected chi connectivity index (χ3v) is 4.22. The smallest absolute Gasteiger partial charge is 0.227 e. The van der Waals surface area contributed by atoms with Crippen LogP contribution in [0.2, 0.25) is 0 Å². The number of nitrogens with one attached hydrogen (secondary N) is 1. The maximum Gasteiger partial charge on any atom is 0.227 e. The van der Waals surface area contributed by atoms with E-state index in [1.807, 2.05) is 61.5 Å². The summed E-state index contributed by atoms with van der Waals surface area (Å²) >= 11 is 0. The summed E-state index contributed by atoms with van der Waals surface area (Å²) < 4.78 is 5.55. The number of aryl methyl sites for hydroxylation is 1. The molecule has 5 heteroatoms. The molecule has 0 aromatic heterocycles. The summed E-state index contributed by atoms with van der Waals surface area (Å²) in [6.45, 7) is 3.23. The molecule has 1 aliphatic heterocycles. The number of rotatable bonds is 6. The Morgan fingerprint density at radius 3 is 2.76 bits per heavy atom. The van der Waals surface area contributed by atoms with Gasteiger partial charge in [0, 0.05) is 18.7 Å². The third kappa shape index (κ3) is 4.38. The fraction of sp³-hybridized carbons (Fsp3) is 0.300. The van der Waals surface area contributed by atoms with Gasteiger partial charge >= 0.3 is 0 Å². The lowest BCUT2D eigenvalue weighted by Gasteiger charge is -2.17. The summed E-state index contributed by atoms with van der Waals surface area (Å²) in [7, 11) is 0. The molecule has 0 saturated carbocycles. The normalized spacial score (nSPS) is 16.8. The fourth-order valence-electron chi connectivity index (χ4n) is 2.93. The van der Waals surface area contributed by atoms with Crippen LogP contribution in [0, 0.1) is 12.8 Å². The molecule has 3 rings (SSSR count). The number of hydrogen-bond donors (Lipinski definition) is 1. The third-order valence-electron chi connectivity index (χ3n) is 4.22. The molecule has 0 bridgehead atoms. The second-order valence-corrected chi connectivity index (χ2v) is 6.20. The van der Waals surface area contributed by atoms with Crippen LogP contribution in [-0.2, 0) is 9.59 Å². The Balaban J connectivity index is 1.47. The molecule has 0 unspecified atom stereocenters. The van der Waals surface area contributed by atoms with Gasteiger partial charge in [0.05, 0.1) is 12.5 Å². The molecule has 5 nitrogen and oxygen atoms in total. The Labute approximate surface area is 147 Å². The number of anilines is 1. The van der Waals surface area contributed by atoms with Gasteiger partial charge in [-0.05, 0) is 36.8 Å². The van der Waals surface area contributed by atoms with Crippen molar-refractivity contribution in [3.63, 3.8) is 0 Å². The van der Waals surface area contributed by atoms with Crippen molar-refractivity contribution in [2.24, 2.45) is 5.92 Å². The first-order valence-electron chi connectivity index (χ1n) is 8.46. The molecular weight excluding hydrogens is 316 g/mol. The molecule has 2 aromatic rings. The molecule has 1 aliphatic rings. The van der Waals surface area contributed by atoms with Gasteiger partial charge in [-0.3, -0.25) is 9.59 Å². The number of nitrogens with zero attached hydrogens (tertiary/aromatic N) is 1. The Morgan fingerprint density at radius 2 is 2.00 bits per heavy atom. The number of benzene rings is 2. The Hall–Kier alpha value is -2.82. The molecular formula is C20H22N2O3. The van der Waals surface area contributed by atoms with Crippen molar-refractivity contribution in [2.75, 3.05) is 24.6 Å². The van der Waals surface area contributed by atoms with Crippen molar-refractivity contribution in [3.8, 4) is 5.75 Å². The summed E-state index contributed by atoms with van der Waals surface area (Å²) in [5, 5.41) is 2.86. The van der Waals surface area contributed by atoms with E-state index >= 15 is 0 Å². The number of para-hydroxylation sites is 1. The zero-order chi connectivity index (χ0) is 17.6. The number of ether oxygens (including phenoxy) is 1. The molecule has 1 N–H and O–H groups in total. The summed E-state index contributed by atoms with van der Waals surface area (Å²) in [4.78, 5) is 26.2. The average molecular weight is 338 g/mol. The van der Waals surface area contributed by atoms with Gasteiger partial charge in [-0.25, -0.2) is 0 Å². The minimum absolute atomic E-state index is 0.00807. The van der Waals surface area contributed by atoms with Gasteiger partial charge in [0.1, 0.15) is 12.4 Å². The molecule has 1 heterocycles. The number of amides is 2. The lowest BCUT2D eigenvalue weighted by Crippen LogP contribution is -2.35. The van der Waals surface area contributed by atoms with Crippen LogP contribution in [0.15, 0.2) is 54.6 Å². The quantitative estimate of drug-likeness (QED) is 0.824. The van der Waals surface area contributed by atoms with E-state index in [1.54, 1.807) is 4.90 Å². The highest BCUT2D eigenvalue weighted by atomic mass is 16.5. The van der Waals surface area contributed by atoms with Gasteiger partial charge in [0.25, 0.3) is 0 Å². The summed E-state index contributed by atoms with van der Waals surface area (Å²) in [5.41, 5.74) is 1.95. The van der Waals surface area contributed by atoms with E-state index in [9.17, 15) is 9.59 Å². The second kappa shape index (κ2) is 7.83. The SMILES string of the molecule is Cc1cccc(N2C[C@@H](C(=O)NCCOc3ccccc3)CC2=O)c1. The van der Waals surface area contributed by atoms with Gasteiger partial charge in [0.15, 0.2) is 0 Å². The van der Waals surface area contributed by atoms with Gasteiger partial charge in [-0.1, -0.05) is 30.3 Å². The van der Waals surface area contributed by atoms with Crippen LogP contribution in [0.3, 0.4) is 0 Å². The summed E-state index contributed by atoms with van der Waals surface area (Å²) in [6, 6.07) is 17.2. The Bertz CT molecular complexity index is 746. The fourth-order valence-corrected chi connectivity index (χ4v) is 2.93. The van der Waals surface area contributed by atoms with E-state index in [1.165, 1.54) is 0 Å².